The smallest absolute Gasteiger partial charge is 0.166 e. The summed E-state index contributed by atoms with van der Waals surface area (Å²) >= 11 is 0. The molecule has 0 saturated carbocycles. The second-order valence-corrected chi connectivity index (χ2v) is 5.74. The number of rotatable bonds is 2. The number of aromatic nitrogens is 1. The molecule has 2 aliphatic heterocycles. The first-order valence-corrected chi connectivity index (χ1v) is 7.88. The van der Waals surface area contributed by atoms with E-state index in [1.165, 1.54) is 0 Å². The lowest BCUT2D eigenvalue weighted by Gasteiger charge is -2.29. The predicted octanol–water partition coefficient (Wildman–Crippen LogP) is 3.07. The molecule has 1 saturated heterocycles. The SMILES string of the molecule is N#Cc1ccnc(N2CCC[C@H]2c2cccc3c2OCCO3)c1. The van der Waals surface area contributed by atoms with Crippen molar-refractivity contribution in [1.82, 2.24) is 4.98 Å². The Morgan fingerprint density at radius 3 is 3.04 bits per heavy atom. The van der Waals surface area contributed by atoms with Crippen molar-refractivity contribution < 1.29 is 9.47 Å². The average molecular weight is 307 g/mol. The minimum Gasteiger partial charge on any atom is -0.486 e. The van der Waals surface area contributed by atoms with Crippen LogP contribution in [0.25, 0.3) is 0 Å². The van der Waals surface area contributed by atoms with E-state index in [4.69, 9.17) is 14.7 Å². The highest BCUT2D eigenvalue weighted by atomic mass is 16.6. The molecule has 23 heavy (non-hydrogen) atoms. The molecule has 0 bridgehead atoms. The molecule has 0 unspecified atom stereocenters. The molecule has 5 nitrogen and oxygen atoms in total. The number of hydrogen-bond donors (Lipinski definition) is 0. The summed E-state index contributed by atoms with van der Waals surface area (Å²) in [4.78, 5) is 6.72. The minimum absolute atomic E-state index is 0.202. The molecular weight excluding hydrogens is 290 g/mol. The Kier molecular flexibility index (Phi) is 3.51. The van der Waals surface area contributed by atoms with Crippen LogP contribution in [0.3, 0.4) is 0 Å². The summed E-state index contributed by atoms with van der Waals surface area (Å²) in [5.74, 6) is 2.52. The fourth-order valence-corrected chi connectivity index (χ4v) is 3.37. The Labute approximate surface area is 135 Å². The van der Waals surface area contributed by atoms with Crippen LogP contribution < -0.4 is 14.4 Å². The highest BCUT2D eigenvalue weighted by Gasteiger charge is 2.31. The average Bonchev–Trinajstić information content (AvgIpc) is 3.11. The molecule has 2 aromatic rings. The molecule has 3 heterocycles. The largest absolute Gasteiger partial charge is 0.486 e. The lowest BCUT2D eigenvalue weighted by atomic mass is 10.0. The molecule has 4 rings (SSSR count). The van der Waals surface area contributed by atoms with Crippen molar-refractivity contribution in [2.75, 3.05) is 24.7 Å². The van der Waals surface area contributed by atoms with Gasteiger partial charge in [-0.05, 0) is 31.0 Å². The summed E-state index contributed by atoms with van der Waals surface area (Å²) in [7, 11) is 0. The van der Waals surface area contributed by atoms with Crippen LogP contribution in [0.5, 0.6) is 11.5 Å². The van der Waals surface area contributed by atoms with Gasteiger partial charge in [0.1, 0.15) is 19.0 Å². The van der Waals surface area contributed by atoms with Gasteiger partial charge in [-0.25, -0.2) is 4.98 Å². The van der Waals surface area contributed by atoms with E-state index in [1.54, 1.807) is 12.3 Å². The summed E-state index contributed by atoms with van der Waals surface area (Å²) in [5, 5.41) is 9.11. The Morgan fingerprint density at radius 1 is 1.22 bits per heavy atom. The van der Waals surface area contributed by atoms with Crippen LogP contribution in [0, 0.1) is 11.3 Å². The molecule has 1 atom stereocenters. The van der Waals surface area contributed by atoms with Gasteiger partial charge in [-0.3, -0.25) is 0 Å². The van der Waals surface area contributed by atoms with Crippen molar-refractivity contribution in [1.29, 1.82) is 5.26 Å². The Balaban J connectivity index is 1.72. The van der Waals surface area contributed by atoms with Crippen LogP contribution in [0.2, 0.25) is 0 Å². The maximum atomic E-state index is 9.11. The van der Waals surface area contributed by atoms with Gasteiger partial charge in [0.15, 0.2) is 11.5 Å². The van der Waals surface area contributed by atoms with Crippen molar-refractivity contribution in [2.45, 2.75) is 18.9 Å². The number of hydrogen-bond acceptors (Lipinski definition) is 5. The van der Waals surface area contributed by atoms with Crippen molar-refractivity contribution in [3.8, 4) is 17.6 Å². The number of nitriles is 1. The Bertz CT molecular complexity index is 769. The first kappa shape index (κ1) is 13.9. The molecule has 0 amide bonds. The molecule has 1 aromatic heterocycles. The van der Waals surface area contributed by atoms with Crippen LogP contribution in [0.1, 0.15) is 30.0 Å². The molecule has 1 fully saturated rings. The molecule has 116 valence electrons. The van der Waals surface area contributed by atoms with Gasteiger partial charge in [-0.1, -0.05) is 12.1 Å². The summed E-state index contributed by atoms with van der Waals surface area (Å²) in [5.41, 5.74) is 1.78. The first-order valence-electron chi connectivity index (χ1n) is 7.88. The number of nitrogens with zero attached hydrogens (tertiary/aromatic N) is 3. The predicted molar refractivity (Wildman–Crippen MR) is 85.7 cm³/mol. The fourth-order valence-electron chi connectivity index (χ4n) is 3.37. The van der Waals surface area contributed by atoms with Gasteiger partial charge in [0.2, 0.25) is 0 Å². The van der Waals surface area contributed by atoms with E-state index in [0.717, 1.165) is 42.3 Å². The minimum atomic E-state index is 0.202. The summed E-state index contributed by atoms with van der Waals surface area (Å²) in [6, 6.07) is 12.0. The van der Waals surface area contributed by atoms with Gasteiger partial charge >= 0.3 is 0 Å². The third-order valence-corrected chi connectivity index (χ3v) is 4.38. The molecule has 2 aliphatic rings. The van der Waals surface area contributed by atoms with Crippen LogP contribution in [-0.2, 0) is 0 Å². The zero-order valence-corrected chi connectivity index (χ0v) is 12.7. The van der Waals surface area contributed by atoms with Gasteiger partial charge < -0.3 is 14.4 Å². The number of para-hydroxylation sites is 1. The quantitative estimate of drug-likeness (QED) is 0.853. The van der Waals surface area contributed by atoms with E-state index in [2.05, 4.69) is 22.0 Å². The maximum absolute atomic E-state index is 9.11. The Hall–Kier alpha value is -2.74. The molecule has 0 radical (unpaired) electrons. The number of ether oxygens (including phenoxy) is 2. The van der Waals surface area contributed by atoms with Crippen LogP contribution in [-0.4, -0.2) is 24.7 Å². The van der Waals surface area contributed by atoms with Gasteiger partial charge in [-0.15, -0.1) is 0 Å². The zero-order valence-electron chi connectivity index (χ0n) is 12.7. The van der Waals surface area contributed by atoms with Gasteiger partial charge in [0, 0.05) is 18.3 Å². The van der Waals surface area contributed by atoms with Gasteiger partial charge in [0.25, 0.3) is 0 Å². The maximum Gasteiger partial charge on any atom is 0.166 e. The number of benzene rings is 1. The van der Waals surface area contributed by atoms with Crippen molar-refractivity contribution in [2.24, 2.45) is 0 Å². The van der Waals surface area contributed by atoms with Crippen LogP contribution in [0.15, 0.2) is 36.5 Å². The van der Waals surface area contributed by atoms with Crippen molar-refractivity contribution in [3.63, 3.8) is 0 Å². The normalized spacial score (nSPS) is 19.4. The van der Waals surface area contributed by atoms with Gasteiger partial charge in [-0.2, -0.15) is 5.26 Å². The van der Waals surface area contributed by atoms with Crippen LogP contribution >= 0.6 is 0 Å². The lowest BCUT2D eigenvalue weighted by molar-refractivity contribution is 0.169. The highest BCUT2D eigenvalue weighted by Crippen LogP contribution is 2.43. The molecular formula is C18H17N3O2. The lowest BCUT2D eigenvalue weighted by Crippen LogP contribution is -2.25. The van der Waals surface area contributed by atoms with E-state index in [9.17, 15) is 0 Å². The Morgan fingerprint density at radius 2 is 2.13 bits per heavy atom. The number of fused-ring (bicyclic) bond motifs is 1. The van der Waals surface area contributed by atoms with E-state index >= 15 is 0 Å². The van der Waals surface area contributed by atoms with E-state index in [0.29, 0.717) is 18.8 Å². The van der Waals surface area contributed by atoms with Crippen LogP contribution in [0.4, 0.5) is 5.82 Å². The third-order valence-electron chi connectivity index (χ3n) is 4.38. The molecule has 5 heteroatoms. The van der Waals surface area contributed by atoms with E-state index < -0.39 is 0 Å². The van der Waals surface area contributed by atoms with Crippen molar-refractivity contribution in [3.05, 3.63) is 47.7 Å². The second kappa shape index (κ2) is 5.81. The first-order chi connectivity index (χ1) is 11.4. The molecule has 1 aromatic carbocycles. The van der Waals surface area contributed by atoms with E-state index in [-0.39, 0.29) is 6.04 Å². The van der Waals surface area contributed by atoms with E-state index in [1.807, 2.05) is 18.2 Å². The van der Waals surface area contributed by atoms with Crippen molar-refractivity contribution >= 4 is 5.82 Å². The fraction of sp³-hybridized carbons (Fsp3) is 0.333. The number of pyridine rings is 1. The monoisotopic (exact) mass is 307 g/mol. The number of anilines is 1. The summed E-state index contributed by atoms with van der Waals surface area (Å²) in [6.07, 6.45) is 3.83. The molecule has 0 spiro atoms. The molecule has 0 aliphatic carbocycles. The summed E-state index contributed by atoms with van der Waals surface area (Å²) < 4.78 is 11.6. The standard InChI is InChI=1S/C18H17N3O2/c19-12-13-6-7-20-17(11-13)21-8-2-4-15(21)14-3-1-5-16-18(14)23-10-9-22-16/h1,3,5-7,11,15H,2,4,8-10H2/t15-/m0/s1. The highest BCUT2D eigenvalue weighted by molar-refractivity contribution is 5.54. The molecule has 0 N–H and O–H groups in total. The third kappa shape index (κ3) is 2.46. The van der Waals surface area contributed by atoms with Gasteiger partial charge in [0.05, 0.1) is 17.7 Å². The zero-order chi connectivity index (χ0) is 15.6. The summed E-state index contributed by atoms with van der Waals surface area (Å²) in [6.45, 7) is 2.10. The topological polar surface area (TPSA) is 58.4 Å². The second-order valence-electron chi connectivity index (χ2n) is 5.74.